The Bertz CT molecular complexity index is 567. The third-order valence-electron chi connectivity index (χ3n) is 3.61. The summed E-state index contributed by atoms with van der Waals surface area (Å²) < 4.78 is 2.30. The molecule has 3 heteroatoms. The van der Waals surface area contributed by atoms with Gasteiger partial charge in [-0.3, -0.25) is 4.79 Å². The van der Waals surface area contributed by atoms with Crippen molar-refractivity contribution in [3.05, 3.63) is 36.0 Å². The van der Waals surface area contributed by atoms with E-state index in [0.29, 0.717) is 6.04 Å². The van der Waals surface area contributed by atoms with Gasteiger partial charge in [-0.15, -0.1) is 0 Å². The van der Waals surface area contributed by atoms with E-state index >= 15 is 0 Å². The average Bonchev–Trinajstić information content (AvgIpc) is 2.58. The zero-order valence-corrected chi connectivity index (χ0v) is 9.60. The van der Waals surface area contributed by atoms with Crippen LogP contribution >= 0.6 is 0 Å². The van der Waals surface area contributed by atoms with Crippen molar-refractivity contribution in [3.63, 3.8) is 0 Å². The molecule has 0 radical (unpaired) electrons. The highest BCUT2D eigenvalue weighted by Crippen LogP contribution is 2.34. The molecule has 0 saturated heterocycles. The van der Waals surface area contributed by atoms with E-state index in [0.717, 1.165) is 5.56 Å². The monoisotopic (exact) mass is 229 g/mol. The smallest absolute Gasteiger partial charge is 0.307 e. The van der Waals surface area contributed by atoms with Gasteiger partial charge in [0.05, 0.1) is 6.42 Å². The fourth-order valence-electron chi connectivity index (χ4n) is 2.46. The number of aromatic nitrogens is 1. The first-order valence-electron chi connectivity index (χ1n) is 6.05. The summed E-state index contributed by atoms with van der Waals surface area (Å²) >= 11 is 0. The maximum absolute atomic E-state index is 10.7. The molecule has 3 rings (SSSR count). The van der Waals surface area contributed by atoms with Crippen LogP contribution in [0.4, 0.5) is 0 Å². The third kappa shape index (κ3) is 1.82. The summed E-state index contributed by atoms with van der Waals surface area (Å²) in [6, 6.07) is 8.66. The maximum atomic E-state index is 10.7. The predicted octanol–water partition coefficient (Wildman–Crippen LogP) is 2.99. The molecule has 0 atom stereocenters. The molecule has 1 aromatic carbocycles. The van der Waals surface area contributed by atoms with Crippen LogP contribution in [0.5, 0.6) is 0 Å². The number of aliphatic carboxylic acids is 1. The predicted molar refractivity (Wildman–Crippen MR) is 66.2 cm³/mol. The zero-order chi connectivity index (χ0) is 11.8. The number of hydrogen-bond acceptors (Lipinski definition) is 1. The van der Waals surface area contributed by atoms with Crippen LogP contribution in [0.1, 0.15) is 30.9 Å². The second kappa shape index (κ2) is 3.91. The molecule has 1 saturated carbocycles. The molecule has 1 heterocycles. The molecule has 1 aromatic heterocycles. The van der Waals surface area contributed by atoms with Crippen molar-refractivity contribution in [1.29, 1.82) is 0 Å². The van der Waals surface area contributed by atoms with Crippen LogP contribution in [0.15, 0.2) is 30.5 Å². The van der Waals surface area contributed by atoms with Gasteiger partial charge in [0.2, 0.25) is 0 Å². The number of carboxylic acid groups (broad SMARTS) is 1. The van der Waals surface area contributed by atoms with Crippen LogP contribution in [-0.2, 0) is 11.2 Å². The number of carboxylic acids is 1. The van der Waals surface area contributed by atoms with Gasteiger partial charge in [0.25, 0.3) is 0 Å². The largest absolute Gasteiger partial charge is 0.481 e. The van der Waals surface area contributed by atoms with Crippen LogP contribution in [0.2, 0.25) is 0 Å². The van der Waals surface area contributed by atoms with E-state index in [4.69, 9.17) is 5.11 Å². The van der Waals surface area contributed by atoms with E-state index in [1.165, 1.54) is 30.2 Å². The molecule has 0 spiro atoms. The Hall–Kier alpha value is -1.77. The second-order valence-electron chi connectivity index (χ2n) is 4.77. The number of nitrogens with zero attached hydrogens (tertiary/aromatic N) is 1. The summed E-state index contributed by atoms with van der Waals surface area (Å²) in [7, 11) is 0. The Kier molecular flexibility index (Phi) is 2.39. The highest BCUT2D eigenvalue weighted by Gasteiger charge is 2.20. The van der Waals surface area contributed by atoms with Crippen LogP contribution in [-0.4, -0.2) is 15.6 Å². The second-order valence-corrected chi connectivity index (χ2v) is 4.77. The van der Waals surface area contributed by atoms with Gasteiger partial charge in [-0.1, -0.05) is 12.1 Å². The lowest BCUT2D eigenvalue weighted by Gasteiger charge is -2.28. The summed E-state index contributed by atoms with van der Waals surface area (Å²) in [6.07, 6.45) is 6.02. The summed E-state index contributed by atoms with van der Waals surface area (Å²) in [5.41, 5.74) is 2.05. The quantitative estimate of drug-likeness (QED) is 0.879. The number of benzene rings is 1. The standard InChI is InChI=1S/C14H15NO2/c16-14(17)9-10-4-5-11-6-7-15(13(11)8-10)12-2-1-3-12/h4-8,12H,1-3,9H2,(H,16,17). The molecule has 3 nitrogen and oxygen atoms in total. The first-order chi connectivity index (χ1) is 8.24. The fourth-order valence-corrected chi connectivity index (χ4v) is 2.46. The van der Waals surface area contributed by atoms with Crippen molar-refractivity contribution < 1.29 is 9.90 Å². The van der Waals surface area contributed by atoms with E-state index in [1.807, 2.05) is 18.2 Å². The van der Waals surface area contributed by atoms with Gasteiger partial charge >= 0.3 is 5.97 Å². The van der Waals surface area contributed by atoms with Crippen molar-refractivity contribution in [3.8, 4) is 0 Å². The van der Waals surface area contributed by atoms with E-state index in [1.54, 1.807) is 0 Å². The molecule has 1 aliphatic carbocycles. The minimum atomic E-state index is -0.772. The van der Waals surface area contributed by atoms with Crippen LogP contribution < -0.4 is 0 Å². The molecule has 1 N–H and O–H groups in total. The van der Waals surface area contributed by atoms with Crippen molar-refractivity contribution in [1.82, 2.24) is 4.57 Å². The van der Waals surface area contributed by atoms with Crippen molar-refractivity contribution in [2.24, 2.45) is 0 Å². The zero-order valence-electron chi connectivity index (χ0n) is 9.60. The lowest BCUT2D eigenvalue weighted by Crippen LogP contribution is -2.15. The van der Waals surface area contributed by atoms with Gasteiger partial charge in [0, 0.05) is 17.8 Å². The van der Waals surface area contributed by atoms with E-state index in [9.17, 15) is 4.79 Å². The van der Waals surface area contributed by atoms with E-state index in [2.05, 4.69) is 16.8 Å². The molecule has 0 bridgehead atoms. The van der Waals surface area contributed by atoms with E-state index < -0.39 is 5.97 Å². The first kappa shape index (κ1) is 10.4. The molecular formula is C14H15NO2. The lowest BCUT2D eigenvalue weighted by atomic mass is 9.93. The molecule has 1 aliphatic rings. The average molecular weight is 229 g/mol. The van der Waals surface area contributed by atoms with Crippen LogP contribution in [0.3, 0.4) is 0 Å². The van der Waals surface area contributed by atoms with Gasteiger partial charge in [0.1, 0.15) is 0 Å². The Morgan fingerprint density at radius 1 is 1.35 bits per heavy atom. The number of fused-ring (bicyclic) bond motifs is 1. The minimum Gasteiger partial charge on any atom is -0.481 e. The Morgan fingerprint density at radius 3 is 2.82 bits per heavy atom. The highest BCUT2D eigenvalue weighted by molar-refractivity contribution is 5.82. The molecule has 0 amide bonds. The Balaban J connectivity index is 2.02. The minimum absolute atomic E-state index is 0.103. The molecule has 1 fully saturated rings. The van der Waals surface area contributed by atoms with Gasteiger partial charge in [-0.05, 0) is 42.3 Å². The Morgan fingerprint density at radius 2 is 2.18 bits per heavy atom. The summed E-state index contributed by atoms with van der Waals surface area (Å²) in [5, 5.41) is 10.0. The fraction of sp³-hybridized carbons (Fsp3) is 0.357. The van der Waals surface area contributed by atoms with Crippen molar-refractivity contribution in [2.75, 3.05) is 0 Å². The molecule has 17 heavy (non-hydrogen) atoms. The Labute approximate surface area is 99.7 Å². The van der Waals surface area contributed by atoms with Gasteiger partial charge in [0.15, 0.2) is 0 Å². The molecular weight excluding hydrogens is 214 g/mol. The lowest BCUT2D eigenvalue weighted by molar-refractivity contribution is -0.136. The number of hydrogen-bond donors (Lipinski definition) is 1. The first-order valence-corrected chi connectivity index (χ1v) is 6.05. The maximum Gasteiger partial charge on any atom is 0.307 e. The number of rotatable bonds is 3. The molecule has 0 aliphatic heterocycles. The summed E-state index contributed by atoms with van der Waals surface area (Å²) in [6.45, 7) is 0. The SMILES string of the molecule is O=C(O)Cc1ccc2ccn(C3CCC3)c2c1. The van der Waals surface area contributed by atoms with Crippen molar-refractivity contribution >= 4 is 16.9 Å². The van der Waals surface area contributed by atoms with E-state index in [-0.39, 0.29) is 6.42 Å². The summed E-state index contributed by atoms with van der Waals surface area (Å²) in [5.74, 6) is -0.772. The van der Waals surface area contributed by atoms with Crippen LogP contribution in [0.25, 0.3) is 10.9 Å². The third-order valence-corrected chi connectivity index (χ3v) is 3.61. The topological polar surface area (TPSA) is 42.2 Å². The van der Waals surface area contributed by atoms with Gasteiger partial charge < -0.3 is 9.67 Å². The normalized spacial score (nSPS) is 16.0. The summed E-state index contributed by atoms with van der Waals surface area (Å²) in [4.78, 5) is 10.7. The molecule has 88 valence electrons. The van der Waals surface area contributed by atoms with Crippen LogP contribution in [0, 0.1) is 0 Å². The van der Waals surface area contributed by atoms with Gasteiger partial charge in [-0.2, -0.15) is 0 Å². The van der Waals surface area contributed by atoms with Gasteiger partial charge in [-0.25, -0.2) is 0 Å². The number of carbonyl (C=O) groups is 1. The molecule has 0 unspecified atom stereocenters. The molecule has 2 aromatic rings. The van der Waals surface area contributed by atoms with Crippen molar-refractivity contribution in [2.45, 2.75) is 31.7 Å². The highest BCUT2D eigenvalue weighted by atomic mass is 16.4.